The lowest BCUT2D eigenvalue weighted by Gasteiger charge is -2.31. The van der Waals surface area contributed by atoms with E-state index in [1.807, 2.05) is 91.2 Å². The van der Waals surface area contributed by atoms with E-state index in [4.69, 9.17) is 0 Å². The summed E-state index contributed by atoms with van der Waals surface area (Å²) >= 11 is 0. The second-order valence-electron chi connectivity index (χ2n) is 9.65. The van der Waals surface area contributed by atoms with Crippen LogP contribution in [-0.2, 0) is 22.6 Å². The van der Waals surface area contributed by atoms with E-state index in [0.717, 1.165) is 24.2 Å². The fourth-order valence-electron chi connectivity index (χ4n) is 3.89. The molecule has 0 saturated carbocycles. The average molecular weight is 496 g/mol. The van der Waals surface area contributed by atoms with Crippen LogP contribution in [0.25, 0.3) is 0 Å². The summed E-state index contributed by atoms with van der Waals surface area (Å²) in [5.41, 5.74) is 2.41. The first-order valence-corrected chi connectivity index (χ1v) is 12.2. The lowest BCUT2D eigenvalue weighted by atomic mass is 10.1. The minimum atomic E-state index is -0.396. The van der Waals surface area contributed by atoms with Crippen LogP contribution in [0.2, 0.25) is 0 Å². The Morgan fingerprint density at radius 2 is 1.42 bits per heavy atom. The predicted molar refractivity (Wildman–Crippen MR) is 141 cm³/mol. The number of ether oxygens (including phenoxy) is 1. The summed E-state index contributed by atoms with van der Waals surface area (Å²) in [6.45, 7) is 9.82. The fourth-order valence-corrected chi connectivity index (χ4v) is 3.89. The van der Waals surface area contributed by atoms with Crippen molar-refractivity contribution in [2.45, 2.75) is 39.5 Å². The normalized spacial score (nSPS) is 13.4. The van der Waals surface area contributed by atoms with E-state index >= 15 is 4.39 Å². The lowest BCUT2D eigenvalue weighted by Crippen LogP contribution is -2.44. The number of carbonyl (C=O) groups is 1. The third-order valence-corrected chi connectivity index (χ3v) is 5.65. The molecule has 3 aromatic rings. The van der Waals surface area contributed by atoms with Crippen LogP contribution in [0, 0.1) is 11.6 Å². The molecule has 0 aromatic heterocycles. The minimum Gasteiger partial charge on any atom is -0.462 e. The van der Waals surface area contributed by atoms with E-state index in [1.165, 1.54) is 12.1 Å². The van der Waals surface area contributed by atoms with Crippen molar-refractivity contribution in [1.82, 2.24) is 5.32 Å². The van der Waals surface area contributed by atoms with Gasteiger partial charge in [0.25, 0.3) is 6.47 Å². The molecule has 1 fully saturated rings. The van der Waals surface area contributed by atoms with Gasteiger partial charge in [0.05, 0.1) is 11.4 Å². The molecule has 0 unspecified atom stereocenters. The summed E-state index contributed by atoms with van der Waals surface area (Å²) in [6, 6.07) is 22.4. The lowest BCUT2D eigenvalue weighted by molar-refractivity contribution is -0.138. The number of carbonyl (C=O) groups excluding carboxylic acids is 1. The Morgan fingerprint density at radius 1 is 0.889 bits per heavy atom. The van der Waals surface area contributed by atoms with Crippen molar-refractivity contribution >= 4 is 17.8 Å². The maximum atomic E-state index is 15.2. The van der Waals surface area contributed by atoms with Gasteiger partial charge in [-0.2, -0.15) is 0 Å². The van der Waals surface area contributed by atoms with Gasteiger partial charge in [0.2, 0.25) is 0 Å². The number of anilines is 2. The first kappa shape index (κ1) is 27.1. The van der Waals surface area contributed by atoms with Gasteiger partial charge in [0.1, 0.15) is 17.2 Å². The van der Waals surface area contributed by atoms with Gasteiger partial charge in [-0.3, -0.25) is 4.79 Å². The largest absolute Gasteiger partial charge is 0.462 e. The molecule has 1 heterocycles. The van der Waals surface area contributed by atoms with Gasteiger partial charge in [-0.1, -0.05) is 60.7 Å². The number of piperazine rings is 1. The van der Waals surface area contributed by atoms with E-state index in [2.05, 4.69) is 10.1 Å². The molecule has 5 nitrogen and oxygen atoms in total. The third kappa shape index (κ3) is 8.34. The Balaban J connectivity index is 0.000000454. The van der Waals surface area contributed by atoms with Crippen LogP contribution in [0.15, 0.2) is 72.8 Å². The number of benzene rings is 3. The fraction of sp³-hybridized carbons (Fsp3) is 0.345. The molecule has 0 bridgehead atoms. The monoisotopic (exact) mass is 495 g/mol. The first-order chi connectivity index (χ1) is 17.3. The topological polar surface area (TPSA) is 44.8 Å². The van der Waals surface area contributed by atoms with E-state index in [-0.39, 0.29) is 17.1 Å². The number of halogens is 2. The van der Waals surface area contributed by atoms with Crippen molar-refractivity contribution in [2.24, 2.45) is 0 Å². The number of nitrogens with zero attached hydrogens (tertiary/aromatic N) is 2. The summed E-state index contributed by atoms with van der Waals surface area (Å²) in [6.07, 6.45) is 0. The zero-order chi connectivity index (χ0) is 26.0. The number of hydrogen-bond donors (Lipinski definition) is 1. The van der Waals surface area contributed by atoms with Crippen molar-refractivity contribution < 1.29 is 18.3 Å². The highest BCUT2D eigenvalue weighted by atomic mass is 19.1. The molecular weight excluding hydrogens is 460 g/mol. The van der Waals surface area contributed by atoms with E-state index in [1.54, 1.807) is 0 Å². The zero-order valence-electron chi connectivity index (χ0n) is 21.2. The molecule has 1 N–H and O–H groups in total. The highest BCUT2D eigenvalue weighted by Crippen LogP contribution is 2.30. The molecule has 0 spiro atoms. The van der Waals surface area contributed by atoms with Gasteiger partial charge >= 0.3 is 0 Å². The predicted octanol–water partition coefficient (Wildman–Crippen LogP) is 5.54. The van der Waals surface area contributed by atoms with Gasteiger partial charge in [0, 0.05) is 51.4 Å². The van der Waals surface area contributed by atoms with Crippen molar-refractivity contribution in [3.8, 4) is 0 Å². The molecular formula is C29H35F2N3O2. The number of nitrogens with one attached hydrogen (secondary N) is 1. The molecule has 192 valence electrons. The Morgan fingerprint density at radius 3 is 1.86 bits per heavy atom. The highest BCUT2D eigenvalue weighted by Gasteiger charge is 2.21. The Labute approximate surface area is 212 Å². The molecule has 36 heavy (non-hydrogen) atoms. The van der Waals surface area contributed by atoms with Crippen LogP contribution in [0.1, 0.15) is 31.9 Å². The number of rotatable bonds is 7. The van der Waals surface area contributed by atoms with Crippen molar-refractivity contribution in [2.75, 3.05) is 36.0 Å². The van der Waals surface area contributed by atoms with Crippen LogP contribution < -0.4 is 15.1 Å². The second kappa shape index (κ2) is 13.0. The van der Waals surface area contributed by atoms with Crippen molar-refractivity contribution in [3.63, 3.8) is 0 Å². The van der Waals surface area contributed by atoms with Gasteiger partial charge in [-0.25, -0.2) is 8.78 Å². The van der Waals surface area contributed by atoms with E-state index < -0.39 is 5.82 Å². The summed E-state index contributed by atoms with van der Waals surface area (Å²) < 4.78 is 34.7. The average Bonchev–Trinajstić information content (AvgIpc) is 2.86. The highest BCUT2D eigenvalue weighted by molar-refractivity contribution is 5.59. The second-order valence-corrected chi connectivity index (χ2v) is 9.65. The van der Waals surface area contributed by atoms with Gasteiger partial charge in [-0.05, 0) is 31.9 Å². The Hall–Kier alpha value is -3.45. The standard InChI is InChI=1S/C24H25F2N3.C5H10O2/c25-21-16-24(22(26)15-23(21)28-13-11-27-12-14-28)29(17-19-7-3-1-4-8-19)18-20-9-5-2-6-10-20;1-5(2,3)7-4-6/h1-10,15-16,27H,11-14,17-18H2;4H,1-3H3. The number of hydrogen-bond acceptors (Lipinski definition) is 5. The summed E-state index contributed by atoms with van der Waals surface area (Å²) in [7, 11) is 0. The molecule has 0 atom stereocenters. The van der Waals surface area contributed by atoms with Crippen LogP contribution in [0.5, 0.6) is 0 Å². The minimum absolute atomic E-state index is 0.286. The first-order valence-electron chi connectivity index (χ1n) is 12.2. The van der Waals surface area contributed by atoms with Crippen molar-refractivity contribution in [3.05, 3.63) is 95.6 Å². The molecule has 0 amide bonds. The van der Waals surface area contributed by atoms with Crippen LogP contribution >= 0.6 is 0 Å². The van der Waals surface area contributed by atoms with Gasteiger partial charge < -0.3 is 19.9 Å². The van der Waals surface area contributed by atoms with Crippen molar-refractivity contribution in [1.29, 1.82) is 0 Å². The smallest absolute Gasteiger partial charge is 0.293 e. The SMILES string of the molecule is CC(C)(C)OC=O.Fc1cc(N(Cc2ccccc2)Cc2ccccc2)c(F)cc1N1CCNCC1. The maximum Gasteiger partial charge on any atom is 0.293 e. The Bertz CT molecular complexity index is 1040. The molecule has 1 aliphatic heterocycles. The summed E-state index contributed by atoms with van der Waals surface area (Å²) in [4.78, 5) is 13.4. The van der Waals surface area contributed by atoms with Crippen LogP contribution in [0.4, 0.5) is 20.2 Å². The van der Waals surface area contributed by atoms with Crippen LogP contribution in [-0.4, -0.2) is 38.3 Å². The Kier molecular flexibility index (Phi) is 9.82. The maximum absolute atomic E-state index is 15.2. The molecule has 0 radical (unpaired) electrons. The quantitative estimate of drug-likeness (QED) is 0.436. The molecule has 0 aliphatic carbocycles. The van der Waals surface area contributed by atoms with Crippen LogP contribution in [0.3, 0.4) is 0 Å². The molecule has 3 aromatic carbocycles. The molecule has 4 rings (SSSR count). The molecule has 1 aliphatic rings. The van der Waals surface area contributed by atoms with E-state index in [9.17, 15) is 9.18 Å². The van der Waals surface area contributed by atoms with E-state index in [0.29, 0.717) is 38.3 Å². The summed E-state index contributed by atoms with van der Waals surface area (Å²) in [5, 5.41) is 3.24. The molecule has 1 saturated heterocycles. The molecule has 7 heteroatoms. The zero-order valence-corrected chi connectivity index (χ0v) is 21.2. The third-order valence-electron chi connectivity index (χ3n) is 5.65. The summed E-state index contributed by atoms with van der Waals surface area (Å²) in [5.74, 6) is -0.777. The van der Waals surface area contributed by atoms with Gasteiger partial charge in [0.15, 0.2) is 0 Å². The van der Waals surface area contributed by atoms with Gasteiger partial charge in [-0.15, -0.1) is 0 Å².